The first-order valence-electron chi connectivity index (χ1n) is 8.40. The average Bonchev–Trinajstić information content (AvgIpc) is 2.92. The molecule has 0 saturated carbocycles. The van der Waals surface area contributed by atoms with E-state index in [0.29, 0.717) is 0 Å². The molecule has 0 radical (unpaired) electrons. The maximum Gasteiger partial charge on any atom is 0.0788 e. The molecule has 0 aromatic carbocycles. The lowest BCUT2D eigenvalue weighted by Crippen LogP contribution is -2.46. The minimum Gasteiger partial charge on any atom is -0.512 e. The number of unbranched alkanes of at least 4 members (excludes halogenated alkanes) is 6. The van der Waals surface area contributed by atoms with E-state index in [2.05, 4.69) is 13.8 Å². The van der Waals surface area contributed by atoms with Gasteiger partial charge in [0.2, 0.25) is 0 Å². The molecule has 0 aliphatic carbocycles. The summed E-state index contributed by atoms with van der Waals surface area (Å²) in [6.07, 6.45) is 14.5. The molecule has 2 nitrogen and oxygen atoms in total. The Bertz CT molecular complexity index is 205. The van der Waals surface area contributed by atoms with Crippen molar-refractivity contribution in [2.75, 3.05) is 26.2 Å². The fourth-order valence-corrected chi connectivity index (χ4v) is 3.29. The molecule has 2 heteroatoms. The standard InChI is InChI=1S/C16H34N.CN/c1-3-5-7-8-9-10-14-17(13-6-4-2)15-11-12-16-17;1-2/h3-16H2,1-2H3;/q+1;-1. The Kier molecular flexibility index (Phi) is 12.1. The highest BCUT2D eigenvalue weighted by Gasteiger charge is 2.30. The fourth-order valence-electron chi connectivity index (χ4n) is 3.29. The van der Waals surface area contributed by atoms with E-state index in [0.717, 1.165) is 0 Å². The lowest BCUT2D eigenvalue weighted by Gasteiger charge is -2.34. The molecule has 1 saturated heterocycles. The predicted molar refractivity (Wildman–Crippen MR) is 82.2 cm³/mol. The van der Waals surface area contributed by atoms with Crippen LogP contribution in [0.5, 0.6) is 0 Å². The Hall–Kier alpha value is -0.550. The van der Waals surface area contributed by atoms with Gasteiger partial charge >= 0.3 is 0 Å². The lowest BCUT2D eigenvalue weighted by atomic mass is 10.1. The van der Waals surface area contributed by atoms with Gasteiger partial charge in [-0.1, -0.05) is 46.0 Å². The van der Waals surface area contributed by atoms with Crippen LogP contribution < -0.4 is 0 Å². The molecule has 1 rings (SSSR count). The highest BCUT2D eigenvalue weighted by molar-refractivity contribution is 4.56. The summed E-state index contributed by atoms with van der Waals surface area (Å²) in [6.45, 7) is 15.3. The van der Waals surface area contributed by atoms with Gasteiger partial charge in [0.25, 0.3) is 0 Å². The molecular weight excluding hydrogens is 232 g/mol. The summed E-state index contributed by atoms with van der Waals surface area (Å²) < 4.78 is 1.47. The SMILES string of the molecule is CCCCCCCC[N+]1(CCCC)CCCC1.[C-]#N. The molecule has 0 N–H and O–H groups in total. The zero-order valence-corrected chi connectivity index (χ0v) is 13.3. The van der Waals surface area contributed by atoms with Crippen LogP contribution in [0.2, 0.25) is 0 Å². The fraction of sp³-hybridized carbons (Fsp3) is 0.941. The van der Waals surface area contributed by atoms with Crippen LogP contribution in [0.3, 0.4) is 0 Å². The van der Waals surface area contributed by atoms with E-state index < -0.39 is 0 Å². The van der Waals surface area contributed by atoms with E-state index in [1.807, 2.05) is 0 Å². The van der Waals surface area contributed by atoms with Crippen molar-refractivity contribution in [3.8, 4) is 0 Å². The maximum atomic E-state index is 6.25. The van der Waals surface area contributed by atoms with Crippen LogP contribution in [-0.2, 0) is 0 Å². The molecule has 0 spiro atoms. The van der Waals surface area contributed by atoms with Crippen LogP contribution in [0.25, 0.3) is 0 Å². The summed E-state index contributed by atoms with van der Waals surface area (Å²) in [4.78, 5) is 0. The van der Waals surface area contributed by atoms with Gasteiger partial charge in [0, 0.05) is 12.8 Å². The van der Waals surface area contributed by atoms with Crippen LogP contribution in [0, 0.1) is 11.8 Å². The second-order valence-corrected chi connectivity index (χ2v) is 6.06. The van der Waals surface area contributed by atoms with Crippen molar-refractivity contribution in [2.45, 2.75) is 78.1 Å². The quantitative estimate of drug-likeness (QED) is 0.315. The zero-order valence-electron chi connectivity index (χ0n) is 13.3. The highest BCUT2D eigenvalue weighted by atomic mass is 15.4. The number of rotatable bonds is 10. The first-order valence-corrected chi connectivity index (χ1v) is 8.40. The molecule has 0 bridgehead atoms. The molecule has 1 aliphatic rings. The number of hydrogen-bond acceptors (Lipinski definition) is 1. The van der Waals surface area contributed by atoms with Crippen molar-refractivity contribution in [1.29, 1.82) is 5.26 Å². The van der Waals surface area contributed by atoms with E-state index >= 15 is 0 Å². The molecule has 0 amide bonds. The zero-order chi connectivity index (χ0) is 14.4. The monoisotopic (exact) mass is 266 g/mol. The van der Waals surface area contributed by atoms with E-state index in [-0.39, 0.29) is 0 Å². The second kappa shape index (κ2) is 12.5. The molecule has 1 heterocycles. The predicted octanol–water partition coefficient (Wildman–Crippen LogP) is 4.85. The van der Waals surface area contributed by atoms with Gasteiger partial charge in [0.05, 0.1) is 26.2 Å². The minimum absolute atomic E-state index is 1.37. The van der Waals surface area contributed by atoms with Crippen molar-refractivity contribution in [3.63, 3.8) is 0 Å². The average molecular weight is 266 g/mol. The first kappa shape index (κ1) is 18.4. The third kappa shape index (κ3) is 8.26. The van der Waals surface area contributed by atoms with Gasteiger partial charge in [-0.3, -0.25) is 0 Å². The number of hydrogen-bond donors (Lipinski definition) is 0. The molecule has 1 aliphatic heterocycles. The Morgan fingerprint density at radius 2 is 1.21 bits per heavy atom. The van der Waals surface area contributed by atoms with Crippen LogP contribution in [0.1, 0.15) is 78.1 Å². The number of nitrogens with zero attached hydrogens (tertiary/aromatic N) is 2. The van der Waals surface area contributed by atoms with Gasteiger partial charge in [-0.05, 0) is 19.3 Å². The normalized spacial score (nSPS) is 16.8. The van der Waals surface area contributed by atoms with Crippen molar-refractivity contribution in [3.05, 3.63) is 6.57 Å². The van der Waals surface area contributed by atoms with Gasteiger partial charge in [-0.25, -0.2) is 0 Å². The lowest BCUT2D eigenvalue weighted by molar-refractivity contribution is -0.917. The van der Waals surface area contributed by atoms with E-state index in [1.165, 1.54) is 94.9 Å². The summed E-state index contributed by atoms with van der Waals surface area (Å²) in [7, 11) is 0. The molecule has 1 fully saturated rings. The Labute approximate surface area is 121 Å². The molecule has 19 heavy (non-hydrogen) atoms. The van der Waals surface area contributed by atoms with Crippen LogP contribution >= 0.6 is 0 Å². The summed E-state index contributed by atoms with van der Waals surface area (Å²) in [5.74, 6) is 0. The number of quaternary nitrogens is 1. The summed E-state index contributed by atoms with van der Waals surface area (Å²) in [5.41, 5.74) is 0. The van der Waals surface area contributed by atoms with Crippen LogP contribution in [0.4, 0.5) is 0 Å². The van der Waals surface area contributed by atoms with Gasteiger partial charge in [0.15, 0.2) is 0 Å². The third-order valence-electron chi connectivity index (χ3n) is 4.49. The van der Waals surface area contributed by atoms with Crippen molar-refractivity contribution >= 4 is 0 Å². The van der Waals surface area contributed by atoms with Crippen LogP contribution in [-0.4, -0.2) is 30.7 Å². The second-order valence-electron chi connectivity index (χ2n) is 6.06. The maximum absolute atomic E-state index is 6.25. The molecule has 0 unspecified atom stereocenters. The van der Waals surface area contributed by atoms with Crippen molar-refractivity contribution in [1.82, 2.24) is 0 Å². The summed E-state index contributed by atoms with van der Waals surface area (Å²) >= 11 is 0. The van der Waals surface area contributed by atoms with Gasteiger partial charge in [-0.15, -0.1) is 0 Å². The van der Waals surface area contributed by atoms with E-state index in [4.69, 9.17) is 11.8 Å². The first-order chi connectivity index (χ1) is 9.33. The molecule has 0 atom stereocenters. The molecule has 0 aromatic heterocycles. The molecular formula is C17H34N2. The van der Waals surface area contributed by atoms with Gasteiger partial charge in [-0.2, -0.15) is 0 Å². The topological polar surface area (TPSA) is 23.8 Å². The third-order valence-corrected chi connectivity index (χ3v) is 4.49. The molecule has 0 aromatic rings. The summed E-state index contributed by atoms with van der Waals surface area (Å²) in [6, 6.07) is 0. The van der Waals surface area contributed by atoms with Crippen molar-refractivity contribution in [2.24, 2.45) is 0 Å². The smallest absolute Gasteiger partial charge is 0.0788 e. The van der Waals surface area contributed by atoms with E-state index in [9.17, 15) is 0 Å². The van der Waals surface area contributed by atoms with Crippen molar-refractivity contribution < 1.29 is 4.48 Å². The minimum atomic E-state index is 1.37. The van der Waals surface area contributed by atoms with Gasteiger partial charge < -0.3 is 16.3 Å². The summed E-state index contributed by atoms with van der Waals surface area (Å²) in [5, 5.41) is 6.25. The Morgan fingerprint density at radius 3 is 1.79 bits per heavy atom. The largest absolute Gasteiger partial charge is 0.512 e. The van der Waals surface area contributed by atoms with Gasteiger partial charge in [0.1, 0.15) is 0 Å². The Balaban J connectivity index is 0.00000154. The number of likely N-dealkylation sites (tertiary alicyclic amines) is 1. The van der Waals surface area contributed by atoms with Crippen LogP contribution in [0.15, 0.2) is 0 Å². The Morgan fingerprint density at radius 1 is 0.737 bits per heavy atom. The van der Waals surface area contributed by atoms with E-state index in [1.54, 1.807) is 0 Å². The molecule has 112 valence electrons. The highest BCUT2D eigenvalue weighted by Crippen LogP contribution is 2.22.